The minimum absolute atomic E-state index is 0.132. The molecular formula is C18H28N2O2. The van der Waals surface area contributed by atoms with E-state index in [1.165, 1.54) is 12.0 Å². The Labute approximate surface area is 133 Å². The maximum atomic E-state index is 11.8. The molecule has 1 unspecified atom stereocenters. The number of nitrogens with one attached hydrogen (secondary N) is 2. The summed E-state index contributed by atoms with van der Waals surface area (Å²) >= 11 is 0. The molecule has 0 spiro atoms. The van der Waals surface area contributed by atoms with E-state index in [1.807, 2.05) is 18.2 Å². The molecule has 0 aromatic heterocycles. The van der Waals surface area contributed by atoms with Crippen LogP contribution >= 0.6 is 0 Å². The molecule has 1 fully saturated rings. The van der Waals surface area contributed by atoms with Crippen molar-refractivity contribution in [1.82, 2.24) is 10.6 Å². The van der Waals surface area contributed by atoms with E-state index in [-0.39, 0.29) is 5.91 Å². The van der Waals surface area contributed by atoms with Crippen molar-refractivity contribution in [2.24, 2.45) is 5.92 Å². The van der Waals surface area contributed by atoms with Crippen LogP contribution in [0.4, 0.5) is 0 Å². The molecule has 122 valence electrons. The van der Waals surface area contributed by atoms with E-state index in [1.54, 1.807) is 0 Å². The standard InChI is InChI=1S/C18H28N2O2/c1-14(2)16-5-3-4-6-17(16)22-12-11-20-18(21)8-7-15-9-10-19-13-15/h3-6,14-15,19H,7-13H2,1-2H3,(H,20,21). The third-order valence-corrected chi connectivity index (χ3v) is 4.16. The van der Waals surface area contributed by atoms with Crippen LogP contribution in [0, 0.1) is 5.92 Å². The molecule has 0 radical (unpaired) electrons. The van der Waals surface area contributed by atoms with E-state index in [0.29, 0.717) is 31.4 Å². The zero-order valence-corrected chi connectivity index (χ0v) is 13.7. The van der Waals surface area contributed by atoms with Crippen molar-refractivity contribution < 1.29 is 9.53 Å². The Morgan fingerprint density at radius 3 is 2.95 bits per heavy atom. The van der Waals surface area contributed by atoms with E-state index in [2.05, 4.69) is 30.5 Å². The molecule has 1 saturated heterocycles. The summed E-state index contributed by atoms with van der Waals surface area (Å²) in [6.45, 7) is 7.54. The molecule has 1 aliphatic heterocycles. The number of para-hydroxylation sites is 1. The highest BCUT2D eigenvalue weighted by Crippen LogP contribution is 2.25. The third-order valence-electron chi connectivity index (χ3n) is 4.16. The van der Waals surface area contributed by atoms with E-state index >= 15 is 0 Å². The van der Waals surface area contributed by atoms with E-state index in [9.17, 15) is 4.79 Å². The molecule has 2 rings (SSSR count). The molecule has 0 saturated carbocycles. The largest absolute Gasteiger partial charge is 0.491 e. The van der Waals surface area contributed by atoms with Gasteiger partial charge in [-0.05, 0) is 49.4 Å². The average molecular weight is 304 g/mol. The molecule has 1 aliphatic rings. The topological polar surface area (TPSA) is 50.4 Å². The minimum atomic E-state index is 0.132. The number of carbonyl (C=O) groups excluding carboxylic acids is 1. The van der Waals surface area contributed by atoms with Crippen molar-refractivity contribution >= 4 is 5.91 Å². The van der Waals surface area contributed by atoms with Crippen molar-refractivity contribution in [3.05, 3.63) is 29.8 Å². The zero-order valence-electron chi connectivity index (χ0n) is 13.7. The van der Waals surface area contributed by atoms with Crippen molar-refractivity contribution in [3.8, 4) is 5.75 Å². The van der Waals surface area contributed by atoms with E-state index in [4.69, 9.17) is 4.74 Å². The summed E-state index contributed by atoms with van der Waals surface area (Å²) in [7, 11) is 0. The molecule has 4 heteroatoms. The predicted octanol–water partition coefficient (Wildman–Crippen LogP) is 2.69. The van der Waals surface area contributed by atoms with Crippen molar-refractivity contribution in [3.63, 3.8) is 0 Å². The third kappa shape index (κ3) is 5.34. The molecule has 4 nitrogen and oxygen atoms in total. The first-order chi connectivity index (χ1) is 10.7. The molecular weight excluding hydrogens is 276 g/mol. The van der Waals surface area contributed by atoms with Crippen molar-refractivity contribution in [1.29, 1.82) is 0 Å². The van der Waals surface area contributed by atoms with Gasteiger partial charge >= 0.3 is 0 Å². The van der Waals surface area contributed by atoms with Crippen molar-refractivity contribution in [2.75, 3.05) is 26.2 Å². The number of amides is 1. The Hall–Kier alpha value is -1.55. The van der Waals surface area contributed by atoms with Gasteiger partial charge in [-0.2, -0.15) is 0 Å². The minimum Gasteiger partial charge on any atom is -0.491 e. The summed E-state index contributed by atoms with van der Waals surface area (Å²) < 4.78 is 5.80. The van der Waals surface area contributed by atoms with Gasteiger partial charge in [0.05, 0.1) is 6.54 Å². The molecule has 0 bridgehead atoms. The van der Waals surface area contributed by atoms with Gasteiger partial charge in [0.15, 0.2) is 0 Å². The number of rotatable bonds is 8. The van der Waals surface area contributed by atoms with Crippen LogP contribution in [0.2, 0.25) is 0 Å². The van der Waals surface area contributed by atoms with Gasteiger partial charge in [-0.25, -0.2) is 0 Å². The molecule has 1 aromatic rings. The summed E-state index contributed by atoms with van der Waals surface area (Å²) in [4.78, 5) is 11.8. The lowest BCUT2D eigenvalue weighted by Gasteiger charge is -2.14. The Morgan fingerprint density at radius 2 is 2.23 bits per heavy atom. The lowest BCUT2D eigenvalue weighted by Crippen LogP contribution is -2.28. The lowest BCUT2D eigenvalue weighted by atomic mass is 10.0. The summed E-state index contributed by atoms with van der Waals surface area (Å²) in [5, 5.41) is 6.27. The number of hydrogen-bond donors (Lipinski definition) is 2. The normalized spacial score (nSPS) is 17.7. The van der Waals surface area contributed by atoms with Gasteiger partial charge in [-0.3, -0.25) is 4.79 Å². The molecule has 1 atom stereocenters. The number of carbonyl (C=O) groups is 1. The van der Waals surface area contributed by atoms with Crippen LogP contribution in [-0.2, 0) is 4.79 Å². The first kappa shape index (κ1) is 16.8. The number of hydrogen-bond acceptors (Lipinski definition) is 3. The second kappa shape index (κ2) is 8.79. The van der Waals surface area contributed by atoms with Gasteiger partial charge in [0.25, 0.3) is 0 Å². The smallest absolute Gasteiger partial charge is 0.220 e. The maximum Gasteiger partial charge on any atom is 0.220 e. The van der Waals surface area contributed by atoms with Crippen LogP contribution in [0.25, 0.3) is 0 Å². The highest BCUT2D eigenvalue weighted by molar-refractivity contribution is 5.75. The first-order valence-electron chi connectivity index (χ1n) is 8.36. The average Bonchev–Trinajstić information content (AvgIpc) is 3.03. The molecule has 1 heterocycles. The SMILES string of the molecule is CC(C)c1ccccc1OCCNC(=O)CCC1CCNC1. The number of ether oxygens (including phenoxy) is 1. The van der Waals surface area contributed by atoms with E-state index < -0.39 is 0 Å². The summed E-state index contributed by atoms with van der Waals surface area (Å²) in [6.07, 6.45) is 2.80. The van der Waals surface area contributed by atoms with Crippen LogP contribution in [0.1, 0.15) is 44.6 Å². The summed E-state index contributed by atoms with van der Waals surface area (Å²) in [5.74, 6) is 2.15. The highest BCUT2D eigenvalue weighted by atomic mass is 16.5. The van der Waals surface area contributed by atoms with E-state index in [0.717, 1.165) is 25.3 Å². The molecule has 1 amide bonds. The Kier molecular flexibility index (Phi) is 6.72. The van der Waals surface area contributed by atoms with Crippen molar-refractivity contribution in [2.45, 2.75) is 39.0 Å². The molecule has 0 aliphatic carbocycles. The van der Waals surface area contributed by atoms with Gasteiger partial charge in [0.2, 0.25) is 5.91 Å². The fraction of sp³-hybridized carbons (Fsp3) is 0.611. The second-order valence-electron chi connectivity index (χ2n) is 6.29. The lowest BCUT2D eigenvalue weighted by molar-refractivity contribution is -0.121. The molecule has 1 aromatic carbocycles. The Balaban J connectivity index is 1.63. The highest BCUT2D eigenvalue weighted by Gasteiger charge is 2.15. The summed E-state index contributed by atoms with van der Waals surface area (Å²) in [6, 6.07) is 8.09. The second-order valence-corrected chi connectivity index (χ2v) is 6.29. The fourth-order valence-corrected chi connectivity index (χ4v) is 2.82. The summed E-state index contributed by atoms with van der Waals surface area (Å²) in [5.41, 5.74) is 1.21. The quantitative estimate of drug-likeness (QED) is 0.726. The predicted molar refractivity (Wildman–Crippen MR) is 89.2 cm³/mol. The number of benzene rings is 1. The monoisotopic (exact) mass is 304 g/mol. The van der Waals surface area contributed by atoms with Gasteiger partial charge < -0.3 is 15.4 Å². The van der Waals surface area contributed by atoms with Gasteiger partial charge in [-0.1, -0.05) is 32.0 Å². The zero-order chi connectivity index (χ0) is 15.8. The van der Waals surface area contributed by atoms with Crippen LogP contribution in [0.3, 0.4) is 0 Å². The van der Waals surface area contributed by atoms with Gasteiger partial charge in [-0.15, -0.1) is 0 Å². The van der Waals surface area contributed by atoms with Crippen LogP contribution in [-0.4, -0.2) is 32.1 Å². The fourth-order valence-electron chi connectivity index (χ4n) is 2.82. The molecule has 22 heavy (non-hydrogen) atoms. The van der Waals surface area contributed by atoms with Crippen LogP contribution in [0.5, 0.6) is 5.75 Å². The first-order valence-corrected chi connectivity index (χ1v) is 8.36. The Morgan fingerprint density at radius 1 is 1.41 bits per heavy atom. The Bertz CT molecular complexity index is 468. The van der Waals surface area contributed by atoms with Crippen LogP contribution < -0.4 is 15.4 Å². The molecule has 2 N–H and O–H groups in total. The van der Waals surface area contributed by atoms with Gasteiger partial charge in [0, 0.05) is 6.42 Å². The maximum absolute atomic E-state index is 11.8. The van der Waals surface area contributed by atoms with Crippen LogP contribution in [0.15, 0.2) is 24.3 Å². The van der Waals surface area contributed by atoms with Gasteiger partial charge in [0.1, 0.15) is 12.4 Å².